The van der Waals surface area contributed by atoms with Gasteiger partial charge in [-0.3, -0.25) is 0 Å². The average Bonchev–Trinajstić information content (AvgIpc) is 2.63. The normalized spacial score (nSPS) is 16.3. The molecule has 2 nitrogen and oxygen atoms in total. The van der Waals surface area contributed by atoms with E-state index >= 15 is 0 Å². The van der Waals surface area contributed by atoms with Crippen molar-refractivity contribution in [2.45, 2.75) is 6.10 Å². The van der Waals surface area contributed by atoms with Gasteiger partial charge in [-0.25, -0.2) is 0 Å². The average molecular weight is 304 g/mol. The zero-order valence-corrected chi connectivity index (χ0v) is 11.9. The van der Waals surface area contributed by atoms with Crippen molar-refractivity contribution < 1.29 is 5.11 Å². The van der Waals surface area contributed by atoms with Gasteiger partial charge in [-0.05, 0) is 38.7 Å². The molecule has 0 amide bonds. The number of aliphatic hydroxyl groups is 1. The van der Waals surface area contributed by atoms with Crippen LogP contribution in [0.2, 0.25) is 0 Å². The van der Waals surface area contributed by atoms with Crippen molar-refractivity contribution in [1.29, 1.82) is 0 Å². The summed E-state index contributed by atoms with van der Waals surface area (Å²) in [6.45, 7) is 0. The van der Waals surface area contributed by atoms with E-state index in [1.807, 2.05) is 43.3 Å². The fourth-order valence-electron chi connectivity index (χ4n) is 2.68. The van der Waals surface area contributed by atoms with E-state index in [0.29, 0.717) is 0 Å². The van der Waals surface area contributed by atoms with Crippen molar-refractivity contribution in [2.75, 3.05) is 19.0 Å². The molecule has 1 unspecified atom stereocenters. The maximum atomic E-state index is 10.5. The van der Waals surface area contributed by atoms with Gasteiger partial charge in [-0.2, -0.15) is 0 Å². The Morgan fingerprint density at radius 2 is 1.78 bits per heavy atom. The molecule has 3 heteroatoms. The van der Waals surface area contributed by atoms with Gasteiger partial charge in [0.15, 0.2) is 0 Å². The Morgan fingerprint density at radius 1 is 1.06 bits per heavy atom. The maximum Gasteiger partial charge on any atom is 0.107 e. The van der Waals surface area contributed by atoms with Gasteiger partial charge in [-0.1, -0.05) is 30.3 Å². The molecule has 1 atom stereocenters. The van der Waals surface area contributed by atoms with Crippen molar-refractivity contribution in [3.63, 3.8) is 0 Å². The first-order valence-corrected chi connectivity index (χ1v) is 6.67. The minimum atomic E-state index is -0.536. The first-order valence-electron chi connectivity index (χ1n) is 5.88. The fraction of sp³-hybridized carbons (Fsp3) is 0.200. The third-order valence-electron chi connectivity index (χ3n) is 3.43. The molecule has 0 radical (unpaired) electrons. The first kappa shape index (κ1) is 11.8. The Hall–Kier alpha value is -1.32. The number of rotatable bonds is 1. The van der Waals surface area contributed by atoms with Gasteiger partial charge in [0.1, 0.15) is 6.10 Å². The topological polar surface area (TPSA) is 23.5 Å². The van der Waals surface area contributed by atoms with E-state index in [-0.39, 0.29) is 0 Å². The van der Waals surface area contributed by atoms with Gasteiger partial charge in [-0.15, -0.1) is 0 Å². The summed E-state index contributed by atoms with van der Waals surface area (Å²) in [7, 11) is 3.99. The molecular formula is C15H14BrNO. The molecule has 0 heterocycles. The molecule has 0 saturated carbocycles. The zero-order valence-electron chi connectivity index (χ0n) is 10.3. The van der Waals surface area contributed by atoms with E-state index in [1.54, 1.807) is 0 Å². The van der Waals surface area contributed by atoms with Crippen molar-refractivity contribution in [1.82, 2.24) is 0 Å². The Balaban J connectivity index is 2.34. The van der Waals surface area contributed by atoms with Crippen molar-refractivity contribution in [3.8, 4) is 11.1 Å². The van der Waals surface area contributed by atoms with E-state index in [9.17, 15) is 5.11 Å². The molecule has 0 aliphatic heterocycles. The summed E-state index contributed by atoms with van der Waals surface area (Å²) < 4.78 is 1.01. The zero-order chi connectivity index (χ0) is 12.9. The van der Waals surface area contributed by atoms with E-state index < -0.39 is 6.10 Å². The number of benzene rings is 2. The minimum absolute atomic E-state index is 0.536. The number of nitrogens with zero attached hydrogens (tertiary/aromatic N) is 1. The summed E-state index contributed by atoms with van der Waals surface area (Å²) in [6, 6.07) is 12.2. The lowest BCUT2D eigenvalue weighted by atomic mass is 10.0. The number of anilines is 1. The van der Waals surface area contributed by atoms with Crippen LogP contribution in [0.3, 0.4) is 0 Å². The summed E-state index contributed by atoms with van der Waals surface area (Å²) >= 11 is 3.57. The van der Waals surface area contributed by atoms with E-state index in [0.717, 1.165) is 32.4 Å². The quantitative estimate of drug-likeness (QED) is 0.870. The number of halogens is 1. The third kappa shape index (κ3) is 1.51. The molecule has 0 fully saturated rings. The van der Waals surface area contributed by atoms with Crippen molar-refractivity contribution >= 4 is 21.6 Å². The molecular weight excluding hydrogens is 290 g/mol. The van der Waals surface area contributed by atoms with Crippen molar-refractivity contribution in [3.05, 3.63) is 52.0 Å². The highest BCUT2D eigenvalue weighted by atomic mass is 79.9. The Morgan fingerprint density at radius 3 is 2.50 bits per heavy atom. The molecule has 0 spiro atoms. The molecule has 2 aromatic rings. The van der Waals surface area contributed by atoms with Crippen LogP contribution in [0.5, 0.6) is 0 Å². The molecule has 1 aliphatic rings. The van der Waals surface area contributed by atoms with Crippen LogP contribution >= 0.6 is 15.9 Å². The van der Waals surface area contributed by atoms with E-state index in [4.69, 9.17) is 0 Å². The highest BCUT2D eigenvalue weighted by Crippen LogP contribution is 2.49. The van der Waals surface area contributed by atoms with Crippen LogP contribution < -0.4 is 4.90 Å². The molecule has 1 N–H and O–H groups in total. The predicted octanol–water partition coefficient (Wildman–Crippen LogP) is 3.58. The molecule has 2 aromatic carbocycles. The van der Waals surface area contributed by atoms with Gasteiger partial charge < -0.3 is 10.0 Å². The summed E-state index contributed by atoms with van der Waals surface area (Å²) in [5.41, 5.74) is 5.31. The second-order valence-corrected chi connectivity index (χ2v) is 5.60. The second-order valence-electron chi connectivity index (χ2n) is 4.74. The van der Waals surface area contributed by atoms with Crippen molar-refractivity contribution in [2.24, 2.45) is 0 Å². The van der Waals surface area contributed by atoms with Crippen LogP contribution in [0, 0.1) is 0 Å². The molecule has 3 rings (SSSR count). The van der Waals surface area contributed by atoms with Crippen LogP contribution in [0.25, 0.3) is 11.1 Å². The third-order valence-corrected chi connectivity index (χ3v) is 4.07. The number of hydrogen-bond donors (Lipinski definition) is 1. The maximum absolute atomic E-state index is 10.5. The van der Waals surface area contributed by atoms with Crippen LogP contribution in [-0.2, 0) is 0 Å². The van der Waals surface area contributed by atoms with Crippen LogP contribution in [0.1, 0.15) is 17.2 Å². The van der Waals surface area contributed by atoms with E-state index in [1.165, 1.54) is 0 Å². The lowest BCUT2D eigenvalue weighted by molar-refractivity contribution is 0.225. The van der Waals surface area contributed by atoms with Gasteiger partial charge in [0.25, 0.3) is 0 Å². The summed E-state index contributed by atoms with van der Waals surface area (Å²) in [5, 5.41) is 10.5. The summed E-state index contributed by atoms with van der Waals surface area (Å²) in [5.74, 6) is 0. The van der Waals surface area contributed by atoms with Gasteiger partial charge in [0, 0.05) is 24.1 Å². The summed E-state index contributed by atoms with van der Waals surface area (Å²) in [6.07, 6.45) is -0.536. The molecule has 92 valence electrons. The minimum Gasteiger partial charge on any atom is -0.384 e. The number of hydrogen-bond acceptors (Lipinski definition) is 2. The van der Waals surface area contributed by atoms with E-state index in [2.05, 4.69) is 28.1 Å². The Bertz CT molecular complexity index is 622. The van der Waals surface area contributed by atoms with Gasteiger partial charge in [0.05, 0.1) is 5.69 Å². The van der Waals surface area contributed by atoms with Crippen LogP contribution in [0.4, 0.5) is 5.69 Å². The fourth-order valence-corrected chi connectivity index (χ4v) is 3.38. The van der Waals surface area contributed by atoms with Gasteiger partial charge in [0.2, 0.25) is 0 Å². The lowest BCUT2D eigenvalue weighted by Gasteiger charge is -2.21. The van der Waals surface area contributed by atoms with Crippen LogP contribution in [-0.4, -0.2) is 19.2 Å². The Labute approximate surface area is 115 Å². The molecule has 0 aromatic heterocycles. The monoisotopic (exact) mass is 303 g/mol. The Kier molecular flexibility index (Phi) is 2.68. The van der Waals surface area contributed by atoms with Gasteiger partial charge >= 0.3 is 0 Å². The largest absolute Gasteiger partial charge is 0.384 e. The summed E-state index contributed by atoms with van der Waals surface area (Å²) in [4.78, 5) is 2.04. The molecule has 0 saturated heterocycles. The highest BCUT2D eigenvalue weighted by molar-refractivity contribution is 9.10. The number of fused-ring (bicyclic) bond motifs is 3. The highest BCUT2D eigenvalue weighted by Gasteiger charge is 2.30. The molecule has 18 heavy (non-hydrogen) atoms. The first-order chi connectivity index (χ1) is 8.61. The molecule has 0 bridgehead atoms. The smallest absolute Gasteiger partial charge is 0.107 e. The predicted molar refractivity (Wildman–Crippen MR) is 78.0 cm³/mol. The lowest BCUT2D eigenvalue weighted by Crippen LogP contribution is -2.13. The standard InChI is InChI=1S/C15H14BrNO/c1-17(2)14-12(16)8-7-10-9-5-3-4-6-11(9)15(18)13(10)14/h3-8,15,18H,1-2H3. The second kappa shape index (κ2) is 4.11. The molecule has 1 aliphatic carbocycles. The number of aliphatic hydroxyl groups excluding tert-OH is 1. The van der Waals surface area contributed by atoms with Crippen LogP contribution in [0.15, 0.2) is 40.9 Å². The SMILES string of the molecule is CN(C)c1c(Br)ccc2c1C(O)c1ccccc1-2.